The van der Waals surface area contributed by atoms with Crippen LogP contribution in [0.3, 0.4) is 0 Å². The minimum Gasteiger partial charge on any atom is -0.508 e. The van der Waals surface area contributed by atoms with Gasteiger partial charge in [0.2, 0.25) is 6.79 Å². The van der Waals surface area contributed by atoms with E-state index in [2.05, 4.69) is 0 Å². The van der Waals surface area contributed by atoms with Crippen molar-refractivity contribution in [1.29, 1.82) is 0 Å². The van der Waals surface area contributed by atoms with E-state index < -0.39 is 6.10 Å². The number of halogens is 1. The molecule has 0 saturated heterocycles. The van der Waals surface area contributed by atoms with Crippen molar-refractivity contribution in [1.82, 2.24) is 0 Å². The number of aliphatic hydroxyl groups is 1. The molecule has 1 unspecified atom stereocenters. The number of aliphatic hydroxyl groups excluding tert-OH is 1. The standard InChI is InChI=1S/C15H13ClO4/c16-12-6-10(7-14-15(12)20-8-19-14)13(18)5-9-1-3-11(17)4-2-9/h1-4,6-7,13,17-18H,5,8H2. The van der Waals surface area contributed by atoms with E-state index in [1.54, 1.807) is 36.4 Å². The van der Waals surface area contributed by atoms with Crippen LogP contribution in [0.4, 0.5) is 0 Å². The second-order valence-electron chi connectivity index (χ2n) is 4.62. The largest absolute Gasteiger partial charge is 0.508 e. The van der Waals surface area contributed by atoms with Crippen LogP contribution in [0.2, 0.25) is 5.02 Å². The molecule has 1 heterocycles. The molecule has 2 N–H and O–H groups in total. The van der Waals surface area contributed by atoms with E-state index in [-0.39, 0.29) is 12.5 Å². The molecule has 0 aliphatic carbocycles. The Morgan fingerprint density at radius 3 is 2.65 bits per heavy atom. The summed E-state index contributed by atoms with van der Waals surface area (Å²) in [6.45, 7) is 0.145. The van der Waals surface area contributed by atoms with Gasteiger partial charge in [-0.3, -0.25) is 0 Å². The summed E-state index contributed by atoms with van der Waals surface area (Å²) in [5.74, 6) is 1.28. The van der Waals surface area contributed by atoms with Crippen LogP contribution in [0.15, 0.2) is 36.4 Å². The SMILES string of the molecule is Oc1ccc(CC(O)c2cc(Cl)c3c(c2)OCO3)cc1. The smallest absolute Gasteiger partial charge is 0.231 e. The number of hydrogen-bond donors (Lipinski definition) is 2. The van der Waals surface area contributed by atoms with Crippen molar-refractivity contribution in [2.75, 3.05) is 6.79 Å². The number of phenolic OH excluding ortho intramolecular Hbond substituents is 1. The number of aromatic hydroxyl groups is 1. The molecule has 1 aliphatic rings. The minimum absolute atomic E-state index is 0.145. The molecule has 104 valence electrons. The third kappa shape index (κ3) is 2.53. The molecule has 20 heavy (non-hydrogen) atoms. The molecule has 0 aromatic heterocycles. The van der Waals surface area contributed by atoms with Crippen LogP contribution < -0.4 is 9.47 Å². The van der Waals surface area contributed by atoms with Crippen LogP contribution in [-0.4, -0.2) is 17.0 Å². The van der Waals surface area contributed by atoms with Crippen molar-refractivity contribution in [2.45, 2.75) is 12.5 Å². The van der Waals surface area contributed by atoms with E-state index in [0.717, 1.165) is 5.56 Å². The topological polar surface area (TPSA) is 58.9 Å². The van der Waals surface area contributed by atoms with E-state index in [1.165, 1.54) is 0 Å². The molecule has 1 aliphatic heterocycles. The van der Waals surface area contributed by atoms with Gasteiger partial charge in [0.05, 0.1) is 11.1 Å². The summed E-state index contributed by atoms with van der Waals surface area (Å²) in [7, 11) is 0. The average molecular weight is 293 g/mol. The van der Waals surface area contributed by atoms with Gasteiger partial charge in [-0.05, 0) is 35.4 Å². The molecule has 1 atom stereocenters. The molecule has 0 radical (unpaired) electrons. The first-order chi connectivity index (χ1) is 9.63. The first kappa shape index (κ1) is 13.1. The maximum Gasteiger partial charge on any atom is 0.231 e. The second kappa shape index (κ2) is 5.23. The van der Waals surface area contributed by atoms with Gasteiger partial charge in [-0.1, -0.05) is 23.7 Å². The number of hydrogen-bond acceptors (Lipinski definition) is 4. The first-order valence-corrected chi connectivity index (χ1v) is 6.56. The first-order valence-electron chi connectivity index (χ1n) is 6.18. The van der Waals surface area contributed by atoms with Gasteiger partial charge < -0.3 is 19.7 Å². The van der Waals surface area contributed by atoms with Crippen LogP contribution in [0, 0.1) is 0 Å². The second-order valence-corrected chi connectivity index (χ2v) is 5.03. The predicted molar refractivity (Wildman–Crippen MR) is 74.3 cm³/mol. The molecular weight excluding hydrogens is 280 g/mol. The van der Waals surface area contributed by atoms with Crippen molar-refractivity contribution in [3.8, 4) is 17.2 Å². The molecule has 2 aromatic rings. The lowest BCUT2D eigenvalue weighted by atomic mass is 10.0. The maximum atomic E-state index is 10.3. The van der Waals surface area contributed by atoms with Gasteiger partial charge in [0, 0.05) is 6.42 Å². The zero-order valence-corrected chi connectivity index (χ0v) is 11.3. The highest BCUT2D eigenvalue weighted by molar-refractivity contribution is 6.32. The molecule has 0 amide bonds. The lowest BCUT2D eigenvalue weighted by Gasteiger charge is -2.12. The summed E-state index contributed by atoms with van der Waals surface area (Å²) in [5, 5.41) is 20.0. The van der Waals surface area contributed by atoms with Crippen molar-refractivity contribution >= 4 is 11.6 Å². The van der Waals surface area contributed by atoms with E-state index in [1.807, 2.05) is 0 Å². The number of rotatable bonds is 3. The van der Waals surface area contributed by atoms with Crippen molar-refractivity contribution in [2.24, 2.45) is 0 Å². The Hall–Kier alpha value is -1.91. The Balaban J connectivity index is 1.82. The summed E-state index contributed by atoms with van der Waals surface area (Å²) in [5.41, 5.74) is 1.59. The zero-order valence-electron chi connectivity index (χ0n) is 10.5. The number of benzene rings is 2. The monoisotopic (exact) mass is 292 g/mol. The van der Waals surface area contributed by atoms with E-state index in [0.29, 0.717) is 28.5 Å². The fraction of sp³-hybridized carbons (Fsp3) is 0.200. The van der Waals surface area contributed by atoms with E-state index >= 15 is 0 Å². The minimum atomic E-state index is -0.702. The van der Waals surface area contributed by atoms with Crippen LogP contribution in [0.25, 0.3) is 0 Å². The van der Waals surface area contributed by atoms with Crippen molar-refractivity contribution in [3.05, 3.63) is 52.5 Å². The van der Waals surface area contributed by atoms with Crippen molar-refractivity contribution < 1.29 is 19.7 Å². The molecule has 0 bridgehead atoms. The number of phenols is 1. The highest BCUT2D eigenvalue weighted by atomic mass is 35.5. The van der Waals surface area contributed by atoms with Gasteiger partial charge in [-0.2, -0.15) is 0 Å². The lowest BCUT2D eigenvalue weighted by molar-refractivity contribution is 0.171. The van der Waals surface area contributed by atoms with Gasteiger partial charge in [0.15, 0.2) is 11.5 Å². The van der Waals surface area contributed by atoms with Gasteiger partial charge in [0.1, 0.15) is 5.75 Å². The van der Waals surface area contributed by atoms with Gasteiger partial charge in [0.25, 0.3) is 0 Å². The molecule has 0 saturated carbocycles. The van der Waals surface area contributed by atoms with Gasteiger partial charge >= 0.3 is 0 Å². The van der Waals surface area contributed by atoms with E-state index in [4.69, 9.17) is 21.1 Å². The lowest BCUT2D eigenvalue weighted by Crippen LogP contribution is -2.02. The van der Waals surface area contributed by atoms with Crippen molar-refractivity contribution in [3.63, 3.8) is 0 Å². The normalized spacial score (nSPS) is 14.3. The summed E-state index contributed by atoms with van der Waals surface area (Å²) in [4.78, 5) is 0. The zero-order chi connectivity index (χ0) is 14.1. The van der Waals surface area contributed by atoms with Crippen LogP contribution in [0.1, 0.15) is 17.2 Å². The molecule has 0 spiro atoms. The summed E-state index contributed by atoms with van der Waals surface area (Å²) >= 11 is 6.09. The Kier molecular flexibility index (Phi) is 3.42. The summed E-state index contributed by atoms with van der Waals surface area (Å²) < 4.78 is 10.5. The quantitative estimate of drug-likeness (QED) is 0.913. The predicted octanol–water partition coefficient (Wildman–Crippen LogP) is 3.05. The number of fused-ring (bicyclic) bond motifs is 1. The highest BCUT2D eigenvalue weighted by Crippen LogP contribution is 2.41. The molecule has 5 heteroatoms. The third-order valence-electron chi connectivity index (χ3n) is 3.20. The molecular formula is C15H13ClO4. The molecule has 0 fully saturated rings. The van der Waals surface area contributed by atoms with Gasteiger partial charge in [-0.25, -0.2) is 0 Å². The Labute approximate surface area is 121 Å². The maximum absolute atomic E-state index is 10.3. The third-order valence-corrected chi connectivity index (χ3v) is 3.48. The fourth-order valence-electron chi connectivity index (χ4n) is 2.15. The Morgan fingerprint density at radius 2 is 1.90 bits per heavy atom. The molecule has 2 aromatic carbocycles. The summed E-state index contributed by atoms with van der Waals surface area (Å²) in [6, 6.07) is 10.1. The van der Waals surface area contributed by atoms with E-state index in [9.17, 15) is 10.2 Å². The fourth-order valence-corrected chi connectivity index (χ4v) is 2.43. The molecule has 3 rings (SSSR count). The average Bonchev–Trinajstić information content (AvgIpc) is 2.90. The van der Waals surface area contributed by atoms with Crippen LogP contribution in [0.5, 0.6) is 17.2 Å². The van der Waals surface area contributed by atoms with Gasteiger partial charge in [-0.15, -0.1) is 0 Å². The Morgan fingerprint density at radius 1 is 1.15 bits per heavy atom. The Bertz CT molecular complexity index is 625. The summed E-state index contributed by atoms with van der Waals surface area (Å²) in [6.07, 6.45) is -0.275. The van der Waals surface area contributed by atoms with Crippen LogP contribution in [-0.2, 0) is 6.42 Å². The van der Waals surface area contributed by atoms with Crippen LogP contribution >= 0.6 is 11.6 Å². The highest BCUT2D eigenvalue weighted by Gasteiger charge is 2.21. The molecule has 4 nitrogen and oxygen atoms in total. The number of ether oxygens (including phenoxy) is 2.